The minimum absolute atomic E-state index is 0.0963. The van der Waals surface area contributed by atoms with Crippen molar-refractivity contribution >= 4 is 23.8 Å². The molecule has 10 nitrogen and oxygen atoms in total. The first-order valence-corrected chi connectivity index (χ1v) is 6.55. The van der Waals surface area contributed by atoms with Crippen LogP contribution in [0.1, 0.15) is 26.7 Å². The summed E-state index contributed by atoms with van der Waals surface area (Å²) in [6.07, 6.45) is -1.71. The first-order valence-electron chi connectivity index (χ1n) is 6.55. The molecule has 0 saturated carbocycles. The van der Waals surface area contributed by atoms with Crippen molar-refractivity contribution in [3.8, 4) is 0 Å². The van der Waals surface area contributed by atoms with Crippen LogP contribution in [0, 0.1) is 0 Å². The van der Waals surface area contributed by atoms with Crippen LogP contribution in [0.5, 0.6) is 0 Å². The monoisotopic (exact) mass is 319 g/mol. The van der Waals surface area contributed by atoms with E-state index in [9.17, 15) is 24.3 Å². The van der Waals surface area contributed by atoms with Gasteiger partial charge in [0.2, 0.25) is 11.8 Å². The molecule has 0 aromatic heterocycles. The van der Waals surface area contributed by atoms with Gasteiger partial charge in [0, 0.05) is 6.42 Å². The van der Waals surface area contributed by atoms with Crippen LogP contribution in [-0.4, -0.2) is 63.3 Å². The Hall–Kier alpha value is -2.20. The molecule has 0 aromatic rings. The van der Waals surface area contributed by atoms with E-state index in [1.54, 1.807) is 0 Å². The van der Waals surface area contributed by atoms with Crippen molar-refractivity contribution in [2.24, 2.45) is 5.73 Å². The summed E-state index contributed by atoms with van der Waals surface area (Å²) >= 11 is 0. The van der Waals surface area contributed by atoms with Crippen molar-refractivity contribution in [3.63, 3.8) is 0 Å². The predicted molar refractivity (Wildman–Crippen MR) is 73.7 cm³/mol. The van der Waals surface area contributed by atoms with Gasteiger partial charge in [0.25, 0.3) is 0 Å². The molecule has 0 fully saturated rings. The SMILES string of the molecule is C[C@H](NC(=O)[C@@H](N)CCC(=O)O)C(=O)N[C@H](C(=O)O)[C@@H](C)O. The Morgan fingerprint density at radius 1 is 1.05 bits per heavy atom. The van der Waals surface area contributed by atoms with Crippen molar-refractivity contribution in [1.82, 2.24) is 10.6 Å². The van der Waals surface area contributed by atoms with Crippen LogP contribution < -0.4 is 16.4 Å². The quantitative estimate of drug-likeness (QED) is 0.273. The molecule has 22 heavy (non-hydrogen) atoms. The highest BCUT2D eigenvalue weighted by Gasteiger charge is 2.28. The number of hydrogen-bond donors (Lipinski definition) is 6. The molecule has 0 bridgehead atoms. The smallest absolute Gasteiger partial charge is 0.328 e. The zero-order chi connectivity index (χ0) is 17.4. The van der Waals surface area contributed by atoms with Crippen LogP contribution in [-0.2, 0) is 19.2 Å². The highest BCUT2D eigenvalue weighted by Crippen LogP contribution is 1.98. The van der Waals surface area contributed by atoms with E-state index in [2.05, 4.69) is 10.6 Å². The fraction of sp³-hybridized carbons (Fsp3) is 0.667. The highest BCUT2D eigenvalue weighted by atomic mass is 16.4. The van der Waals surface area contributed by atoms with E-state index in [0.717, 1.165) is 0 Å². The molecular weight excluding hydrogens is 298 g/mol. The molecular formula is C12H21N3O7. The maximum absolute atomic E-state index is 11.8. The maximum Gasteiger partial charge on any atom is 0.328 e. The molecule has 2 amide bonds. The number of amides is 2. The fourth-order valence-corrected chi connectivity index (χ4v) is 1.46. The summed E-state index contributed by atoms with van der Waals surface area (Å²) in [5, 5.41) is 30.9. The minimum atomic E-state index is -1.51. The number of hydrogen-bond acceptors (Lipinski definition) is 6. The number of aliphatic carboxylic acids is 2. The van der Waals surface area contributed by atoms with E-state index in [1.807, 2.05) is 0 Å². The van der Waals surface area contributed by atoms with E-state index in [1.165, 1.54) is 13.8 Å². The lowest BCUT2D eigenvalue weighted by atomic mass is 10.1. The van der Waals surface area contributed by atoms with E-state index >= 15 is 0 Å². The number of nitrogens with one attached hydrogen (secondary N) is 2. The number of carboxylic acid groups (broad SMARTS) is 2. The van der Waals surface area contributed by atoms with Gasteiger partial charge in [-0.3, -0.25) is 14.4 Å². The Labute approximate surface area is 126 Å². The number of nitrogens with two attached hydrogens (primary N) is 1. The molecule has 4 atom stereocenters. The first-order chi connectivity index (χ1) is 10.1. The third-order valence-corrected chi connectivity index (χ3v) is 2.80. The van der Waals surface area contributed by atoms with Gasteiger partial charge in [-0.2, -0.15) is 0 Å². The summed E-state index contributed by atoms with van der Waals surface area (Å²) in [5.74, 6) is -4.06. The molecule has 126 valence electrons. The summed E-state index contributed by atoms with van der Waals surface area (Å²) < 4.78 is 0. The lowest BCUT2D eigenvalue weighted by molar-refractivity contribution is -0.145. The molecule has 0 aliphatic carbocycles. The van der Waals surface area contributed by atoms with Crippen LogP contribution in [0.4, 0.5) is 0 Å². The van der Waals surface area contributed by atoms with Gasteiger partial charge in [-0.25, -0.2) is 4.79 Å². The van der Waals surface area contributed by atoms with Crippen LogP contribution >= 0.6 is 0 Å². The Morgan fingerprint density at radius 2 is 1.59 bits per heavy atom. The molecule has 0 radical (unpaired) electrons. The summed E-state index contributed by atoms with van der Waals surface area (Å²) in [7, 11) is 0. The maximum atomic E-state index is 11.8. The lowest BCUT2D eigenvalue weighted by Gasteiger charge is -2.21. The second-order valence-electron chi connectivity index (χ2n) is 4.83. The Morgan fingerprint density at radius 3 is 2.00 bits per heavy atom. The summed E-state index contributed by atoms with van der Waals surface area (Å²) in [6.45, 7) is 2.50. The van der Waals surface area contributed by atoms with Gasteiger partial charge in [-0.1, -0.05) is 0 Å². The van der Waals surface area contributed by atoms with Crippen molar-refractivity contribution < 1.29 is 34.5 Å². The van der Waals surface area contributed by atoms with Gasteiger partial charge in [-0.05, 0) is 20.3 Å². The lowest BCUT2D eigenvalue weighted by Crippen LogP contribution is -2.55. The molecule has 0 aromatic carbocycles. The van der Waals surface area contributed by atoms with Crippen molar-refractivity contribution in [1.29, 1.82) is 0 Å². The molecule has 0 heterocycles. The molecule has 0 aliphatic heterocycles. The second kappa shape index (κ2) is 8.95. The zero-order valence-corrected chi connectivity index (χ0v) is 12.3. The Kier molecular flexibility index (Phi) is 8.05. The summed E-state index contributed by atoms with van der Waals surface area (Å²) in [4.78, 5) is 44.6. The van der Waals surface area contributed by atoms with Gasteiger partial charge >= 0.3 is 11.9 Å². The standard InChI is InChI=1S/C12H21N3O7/c1-5(10(19)15-9(6(2)16)12(21)22)14-11(20)7(13)3-4-8(17)18/h5-7,9,16H,3-4,13H2,1-2H3,(H,14,20)(H,15,19)(H,17,18)(H,21,22)/t5-,6+,7-,9-/m0/s1. The average molecular weight is 319 g/mol. The third kappa shape index (κ3) is 6.99. The van der Waals surface area contributed by atoms with Gasteiger partial charge in [0.15, 0.2) is 6.04 Å². The van der Waals surface area contributed by atoms with E-state index in [-0.39, 0.29) is 12.8 Å². The minimum Gasteiger partial charge on any atom is -0.481 e. The number of aliphatic hydroxyl groups excluding tert-OH is 1. The van der Waals surface area contributed by atoms with E-state index < -0.39 is 48.0 Å². The highest BCUT2D eigenvalue weighted by molar-refractivity contribution is 5.91. The number of carboxylic acids is 2. The van der Waals surface area contributed by atoms with Crippen LogP contribution in [0.3, 0.4) is 0 Å². The molecule has 0 rings (SSSR count). The second-order valence-corrected chi connectivity index (χ2v) is 4.83. The zero-order valence-electron chi connectivity index (χ0n) is 12.3. The molecule has 0 spiro atoms. The first kappa shape index (κ1) is 19.8. The predicted octanol–water partition coefficient (Wildman–Crippen LogP) is -2.37. The average Bonchev–Trinajstić information content (AvgIpc) is 2.40. The van der Waals surface area contributed by atoms with E-state index in [4.69, 9.17) is 15.9 Å². The topological polar surface area (TPSA) is 179 Å². The largest absolute Gasteiger partial charge is 0.481 e. The van der Waals surface area contributed by atoms with Crippen LogP contribution in [0.2, 0.25) is 0 Å². The molecule has 0 aliphatic rings. The molecule has 7 N–H and O–H groups in total. The van der Waals surface area contributed by atoms with Gasteiger partial charge < -0.3 is 31.7 Å². The van der Waals surface area contributed by atoms with Gasteiger partial charge in [0.1, 0.15) is 6.04 Å². The number of aliphatic hydroxyl groups is 1. The molecule has 0 saturated heterocycles. The van der Waals surface area contributed by atoms with Crippen molar-refractivity contribution in [3.05, 3.63) is 0 Å². The molecule has 0 unspecified atom stereocenters. The summed E-state index contributed by atoms with van der Waals surface area (Å²) in [5.41, 5.74) is 5.47. The van der Waals surface area contributed by atoms with Gasteiger partial charge in [0.05, 0.1) is 12.1 Å². The Bertz CT molecular complexity index is 438. The normalized spacial score (nSPS) is 16.0. The number of carbonyl (C=O) groups excluding carboxylic acids is 2. The van der Waals surface area contributed by atoms with Crippen LogP contribution in [0.25, 0.3) is 0 Å². The third-order valence-electron chi connectivity index (χ3n) is 2.80. The molecule has 10 heteroatoms. The van der Waals surface area contributed by atoms with Crippen molar-refractivity contribution in [2.45, 2.75) is 50.9 Å². The Balaban J connectivity index is 4.48. The number of rotatable bonds is 9. The van der Waals surface area contributed by atoms with Gasteiger partial charge in [-0.15, -0.1) is 0 Å². The summed E-state index contributed by atoms with van der Waals surface area (Å²) in [6, 6.07) is -3.70. The van der Waals surface area contributed by atoms with Crippen molar-refractivity contribution in [2.75, 3.05) is 0 Å². The number of carbonyl (C=O) groups is 4. The van der Waals surface area contributed by atoms with E-state index in [0.29, 0.717) is 0 Å². The fourth-order valence-electron chi connectivity index (χ4n) is 1.46. The van der Waals surface area contributed by atoms with Crippen LogP contribution in [0.15, 0.2) is 0 Å².